The van der Waals surface area contributed by atoms with E-state index in [4.69, 9.17) is 14.5 Å². The van der Waals surface area contributed by atoms with Gasteiger partial charge in [0.15, 0.2) is 5.82 Å². The lowest BCUT2D eigenvalue weighted by atomic mass is 10.0. The molecule has 9 nitrogen and oxygen atoms in total. The smallest absolute Gasteiger partial charge is 0.310 e. The van der Waals surface area contributed by atoms with E-state index in [2.05, 4.69) is 9.97 Å². The lowest BCUT2D eigenvalue weighted by molar-refractivity contribution is -0.142. The van der Waals surface area contributed by atoms with Crippen molar-refractivity contribution in [1.29, 1.82) is 0 Å². The zero-order valence-corrected chi connectivity index (χ0v) is 21.7. The van der Waals surface area contributed by atoms with Gasteiger partial charge in [-0.2, -0.15) is 0 Å². The van der Waals surface area contributed by atoms with E-state index in [-0.39, 0.29) is 24.7 Å². The Morgan fingerprint density at radius 3 is 2.59 bits per heavy atom. The minimum Gasteiger partial charge on any atom is -0.466 e. The first-order valence-electron chi connectivity index (χ1n) is 13.1. The van der Waals surface area contributed by atoms with Crippen LogP contribution >= 0.6 is 0 Å². The molecule has 1 fully saturated rings. The molecule has 198 valence electrons. The molecule has 5 aromatic rings. The van der Waals surface area contributed by atoms with Crippen molar-refractivity contribution in [2.24, 2.45) is 0 Å². The van der Waals surface area contributed by atoms with Crippen LogP contribution in [0.15, 0.2) is 67.1 Å². The Labute approximate surface area is 225 Å². The molecular weight excluding hydrogens is 494 g/mol. The average molecular weight is 524 g/mol. The highest BCUT2D eigenvalue weighted by Gasteiger charge is 2.23. The Kier molecular flexibility index (Phi) is 6.81. The summed E-state index contributed by atoms with van der Waals surface area (Å²) in [4.78, 5) is 40.3. The highest BCUT2D eigenvalue weighted by atomic mass is 16.5. The quantitative estimate of drug-likeness (QED) is 0.323. The fourth-order valence-corrected chi connectivity index (χ4v) is 5.22. The number of benzene rings is 2. The van der Waals surface area contributed by atoms with Gasteiger partial charge in [0.25, 0.3) is 0 Å². The first-order valence-corrected chi connectivity index (χ1v) is 13.1. The second-order valence-electron chi connectivity index (χ2n) is 9.48. The molecule has 39 heavy (non-hydrogen) atoms. The number of para-hydroxylation sites is 2. The Hall–Kier alpha value is -4.50. The van der Waals surface area contributed by atoms with Crippen molar-refractivity contribution < 1.29 is 19.1 Å². The summed E-state index contributed by atoms with van der Waals surface area (Å²) in [6.45, 7) is 4.45. The van der Waals surface area contributed by atoms with Crippen molar-refractivity contribution in [3.63, 3.8) is 0 Å². The van der Waals surface area contributed by atoms with Crippen LogP contribution in [0.2, 0.25) is 0 Å². The first kappa shape index (κ1) is 24.8. The number of ether oxygens (including phenoxy) is 2. The number of nitrogens with one attached hydrogen (secondary N) is 1. The van der Waals surface area contributed by atoms with Crippen LogP contribution in [0.25, 0.3) is 39.0 Å². The molecular formula is C30H29N5O4. The maximum absolute atomic E-state index is 13.2. The van der Waals surface area contributed by atoms with Crippen LogP contribution in [0.5, 0.6) is 0 Å². The van der Waals surface area contributed by atoms with Gasteiger partial charge in [-0.05, 0) is 30.2 Å². The van der Waals surface area contributed by atoms with Gasteiger partial charge in [-0.1, -0.05) is 36.4 Å². The minimum absolute atomic E-state index is 0.0634. The molecule has 0 spiro atoms. The summed E-state index contributed by atoms with van der Waals surface area (Å²) in [5.41, 5.74) is 5.02. The molecule has 1 aliphatic heterocycles. The number of rotatable bonds is 7. The fraction of sp³-hybridized carbons (Fsp3) is 0.267. The molecule has 0 bridgehead atoms. The highest BCUT2D eigenvalue weighted by molar-refractivity contribution is 5.95. The normalized spacial score (nSPS) is 13.7. The van der Waals surface area contributed by atoms with E-state index in [1.165, 1.54) is 0 Å². The Bertz CT molecular complexity index is 1660. The Morgan fingerprint density at radius 1 is 1.00 bits per heavy atom. The number of aromatic amines is 1. The highest BCUT2D eigenvalue weighted by Crippen LogP contribution is 2.31. The largest absolute Gasteiger partial charge is 0.466 e. The number of hydrogen-bond acceptors (Lipinski definition) is 6. The van der Waals surface area contributed by atoms with E-state index < -0.39 is 0 Å². The topological polar surface area (TPSA) is 102 Å². The van der Waals surface area contributed by atoms with Crippen molar-refractivity contribution in [3.05, 3.63) is 78.2 Å². The second-order valence-corrected chi connectivity index (χ2v) is 9.48. The van der Waals surface area contributed by atoms with Gasteiger partial charge in [0.05, 0.1) is 56.3 Å². The molecule has 1 amide bonds. The van der Waals surface area contributed by atoms with Crippen molar-refractivity contribution >= 4 is 33.7 Å². The lowest BCUT2D eigenvalue weighted by Gasteiger charge is -2.27. The molecule has 1 N–H and O–H groups in total. The van der Waals surface area contributed by atoms with Gasteiger partial charge in [-0.3, -0.25) is 19.1 Å². The molecule has 9 heteroatoms. The minimum atomic E-state index is -0.270. The fourth-order valence-electron chi connectivity index (χ4n) is 5.22. The molecule has 0 aliphatic carbocycles. The summed E-state index contributed by atoms with van der Waals surface area (Å²) in [5, 5.41) is 1.95. The third-order valence-corrected chi connectivity index (χ3v) is 7.06. The summed E-state index contributed by atoms with van der Waals surface area (Å²) < 4.78 is 12.6. The zero-order chi connectivity index (χ0) is 26.8. The average Bonchev–Trinajstić information content (AvgIpc) is 3.52. The van der Waals surface area contributed by atoms with Gasteiger partial charge in [0.2, 0.25) is 5.91 Å². The monoisotopic (exact) mass is 523 g/mol. The first-order chi connectivity index (χ1) is 19.1. The molecule has 0 unspecified atom stereocenters. The van der Waals surface area contributed by atoms with Crippen LogP contribution < -0.4 is 0 Å². The molecule has 6 rings (SSSR count). The number of morpholine rings is 1. The molecule has 0 saturated carbocycles. The SMILES string of the molecule is CCOC(=O)Cc1cn(-c2cncc(-c3[nH]c4ccccc4c3CC(=O)N3CCOCC3)n2)c2ccccc12. The van der Waals surface area contributed by atoms with E-state index in [0.29, 0.717) is 44.4 Å². The van der Waals surface area contributed by atoms with Crippen molar-refractivity contribution in [2.45, 2.75) is 19.8 Å². The van der Waals surface area contributed by atoms with E-state index >= 15 is 0 Å². The standard InChI is InChI=1S/C30H29N5O4/c1-2-39-29(37)15-20-19-35(26-10-6-4-7-21(20)26)27-18-31-17-25(32-27)30-23(22-8-3-5-9-24(22)33-30)16-28(36)34-11-13-38-14-12-34/h3-10,17-19,33H,2,11-16H2,1H3. The van der Waals surface area contributed by atoms with E-state index in [1.54, 1.807) is 19.3 Å². The summed E-state index contributed by atoms with van der Waals surface area (Å²) >= 11 is 0. The van der Waals surface area contributed by atoms with Crippen LogP contribution in [0.1, 0.15) is 18.1 Å². The number of H-pyrrole nitrogens is 1. The Balaban J connectivity index is 1.41. The molecule has 4 heterocycles. The number of amides is 1. The van der Waals surface area contributed by atoms with Gasteiger partial charge >= 0.3 is 5.97 Å². The van der Waals surface area contributed by atoms with Crippen molar-refractivity contribution in [2.75, 3.05) is 32.9 Å². The van der Waals surface area contributed by atoms with Crippen LogP contribution in [-0.2, 0) is 31.9 Å². The van der Waals surface area contributed by atoms with Crippen LogP contribution in [0.3, 0.4) is 0 Å². The molecule has 3 aromatic heterocycles. The number of carbonyl (C=O) groups is 2. The maximum atomic E-state index is 13.2. The van der Waals surface area contributed by atoms with Crippen LogP contribution in [0, 0.1) is 0 Å². The number of fused-ring (bicyclic) bond motifs is 2. The number of carbonyl (C=O) groups excluding carboxylic acids is 2. The maximum Gasteiger partial charge on any atom is 0.310 e. The Morgan fingerprint density at radius 2 is 1.77 bits per heavy atom. The van der Waals surface area contributed by atoms with E-state index in [0.717, 1.165) is 38.6 Å². The number of nitrogens with zero attached hydrogens (tertiary/aromatic N) is 4. The van der Waals surface area contributed by atoms with Crippen LogP contribution in [0.4, 0.5) is 0 Å². The zero-order valence-electron chi connectivity index (χ0n) is 21.7. The van der Waals surface area contributed by atoms with Gasteiger partial charge in [-0.25, -0.2) is 4.98 Å². The molecule has 1 aliphatic rings. The van der Waals surface area contributed by atoms with Gasteiger partial charge in [-0.15, -0.1) is 0 Å². The van der Waals surface area contributed by atoms with E-state index in [1.807, 2.05) is 64.2 Å². The van der Waals surface area contributed by atoms with Crippen molar-refractivity contribution in [1.82, 2.24) is 24.4 Å². The summed E-state index contributed by atoms with van der Waals surface area (Å²) in [6.07, 6.45) is 5.75. The number of esters is 1. The third kappa shape index (κ3) is 4.88. The van der Waals surface area contributed by atoms with Crippen LogP contribution in [-0.4, -0.2) is 69.2 Å². The van der Waals surface area contributed by atoms with E-state index in [9.17, 15) is 9.59 Å². The third-order valence-electron chi connectivity index (χ3n) is 7.06. The second kappa shape index (κ2) is 10.7. The summed E-state index contributed by atoms with van der Waals surface area (Å²) in [6, 6.07) is 15.9. The van der Waals surface area contributed by atoms with Crippen molar-refractivity contribution in [3.8, 4) is 17.2 Å². The number of aromatic nitrogens is 4. The summed E-state index contributed by atoms with van der Waals surface area (Å²) in [5.74, 6) is 0.407. The number of hydrogen-bond donors (Lipinski definition) is 1. The molecule has 1 saturated heterocycles. The van der Waals surface area contributed by atoms with Gasteiger partial charge in [0.1, 0.15) is 5.69 Å². The van der Waals surface area contributed by atoms with Gasteiger partial charge < -0.3 is 19.4 Å². The lowest BCUT2D eigenvalue weighted by Crippen LogP contribution is -2.41. The summed E-state index contributed by atoms with van der Waals surface area (Å²) in [7, 11) is 0. The molecule has 0 radical (unpaired) electrons. The molecule has 0 atom stereocenters. The molecule has 2 aromatic carbocycles. The van der Waals surface area contributed by atoms with Gasteiger partial charge in [0, 0.05) is 35.6 Å². The predicted octanol–water partition coefficient (Wildman–Crippen LogP) is 4.08. The predicted molar refractivity (Wildman–Crippen MR) is 148 cm³/mol.